The third-order valence-corrected chi connectivity index (χ3v) is 5.02. The van der Waals surface area contributed by atoms with Crippen molar-refractivity contribution in [2.24, 2.45) is 10.7 Å². The number of halogens is 1. The number of benzene rings is 1. The van der Waals surface area contributed by atoms with Gasteiger partial charge in [0.05, 0.1) is 22.0 Å². The number of nitrogens with two attached hydrogens (primary N) is 1. The van der Waals surface area contributed by atoms with Crippen molar-refractivity contribution >= 4 is 22.3 Å². The van der Waals surface area contributed by atoms with E-state index in [9.17, 15) is 18.7 Å². The van der Waals surface area contributed by atoms with Crippen LogP contribution >= 0.6 is 0 Å². The first-order valence-corrected chi connectivity index (χ1v) is 8.42. The molecular weight excluding hydrogens is 309 g/mol. The fourth-order valence-corrected chi connectivity index (χ4v) is 3.00. The average molecular weight is 327 g/mol. The zero-order chi connectivity index (χ0) is 16.3. The minimum absolute atomic E-state index is 0.0531. The molecule has 1 aromatic rings. The van der Waals surface area contributed by atoms with Crippen molar-refractivity contribution in [2.45, 2.75) is 37.5 Å². The first kappa shape index (κ1) is 16.5. The third kappa shape index (κ3) is 4.09. The quantitative estimate of drug-likeness (QED) is 0.666. The molecule has 3 unspecified atom stereocenters. The van der Waals surface area contributed by atoms with E-state index in [0.717, 1.165) is 18.2 Å². The van der Waals surface area contributed by atoms with E-state index in [1.54, 1.807) is 6.92 Å². The van der Waals surface area contributed by atoms with E-state index in [-0.39, 0.29) is 28.1 Å². The number of aliphatic imine (C=N–C) groups is 1. The molecule has 0 spiro atoms. The van der Waals surface area contributed by atoms with Gasteiger partial charge in [-0.2, -0.15) is 0 Å². The van der Waals surface area contributed by atoms with Gasteiger partial charge in [-0.15, -0.1) is 0 Å². The van der Waals surface area contributed by atoms with Gasteiger partial charge in [-0.25, -0.2) is 4.39 Å². The van der Waals surface area contributed by atoms with Crippen molar-refractivity contribution in [3.63, 3.8) is 0 Å². The highest BCUT2D eigenvalue weighted by molar-refractivity contribution is 7.86. The molecule has 0 radical (unpaired) electrons. The minimum atomic E-state index is -1.26. The van der Waals surface area contributed by atoms with Gasteiger partial charge in [0.25, 0.3) is 5.69 Å². The number of hydrogen-bond donors (Lipinski definition) is 1. The van der Waals surface area contributed by atoms with E-state index < -0.39 is 27.6 Å². The lowest BCUT2D eigenvalue weighted by Crippen LogP contribution is -2.37. The number of hydrogen-bond acceptors (Lipinski definition) is 5. The summed E-state index contributed by atoms with van der Waals surface area (Å²) in [6.07, 6.45) is 4.50. The summed E-state index contributed by atoms with van der Waals surface area (Å²) in [4.78, 5) is 14.2. The van der Waals surface area contributed by atoms with Crippen LogP contribution < -0.4 is 5.73 Å². The maximum absolute atomic E-state index is 13.7. The van der Waals surface area contributed by atoms with Crippen LogP contribution in [0.25, 0.3) is 0 Å². The Hall–Kier alpha value is -1.83. The normalized spacial score (nSPS) is 26.5. The summed E-state index contributed by atoms with van der Waals surface area (Å²) in [6.45, 7) is 1.68. The lowest BCUT2D eigenvalue weighted by atomic mass is 10.1. The number of rotatable bonds is 2. The van der Waals surface area contributed by atoms with Crippen molar-refractivity contribution in [1.82, 2.24) is 0 Å². The Balaban J connectivity index is 0.000000523. The molecule has 2 aliphatic rings. The van der Waals surface area contributed by atoms with Gasteiger partial charge < -0.3 is 5.73 Å². The number of amidine groups is 1. The van der Waals surface area contributed by atoms with Crippen molar-refractivity contribution in [1.29, 1.82) is 0 Å². The number of nitro groups is 1. The van der Waals surface area contributed by atoms with Crippen LogP contribution in [-0.2, 0) is 10.8 Å². The van der Waals surface area contributed by atoms with E-state index in [2.05, 4.69) is 4.99 Å². The lowest BCUT2D eigenvalue weighted by Gasteiger charge is -2.23. The molecular formula is C14H18FN3O3S. The largest absolute Gasteiger partial charge is 0.386 e. The van der Waals surface area contributed by atoms with Gasteiger partial charge in [0, 0.05) is 28.5 Å². The van der Waals surface area contributed by atoms with Crippen LogP contribution in [-0.4, -0.2) is 26.0 Å². The summed E-state index contributed by atoms with van der Waals surface area (Å²) < 4.78 is 25.5. The van der Waals surface area contributed by atoms with Crippen molar-refractivity contribution in [2.75, 3.05) is 5.75 Å². The zero-order valence-electron chi connectivity index (χ0n) is 12.2. The Morgan fingerprint density at radius 1 is 1.41 bits per heavy atom. The highest BCUT2D eigenvalue weighted by atomic mass is 32.2. The first-order valence-electron chi connectivity index (χ1n) is 7.04. The molecule has 0 bridgehead atoms. The van der Waals surface area contributed by atoms with E-state index in [0.29, 0.717) is 0 Å². The standard InChI is InChI=1S/C11H12FN3O3S.C3H6/c1-6-11(13)14-10(5-19(6)18)8-4-7(15(16)17)2-3-9(8)12;1-2-3-1/h2-4,6,10H,5H2,1H3,(H2,13,14);1-3H2. The molecule has 6 nitrogen and oxygen atoms in total. The first-order chi connectivity index (χ1) is 10.4. The molecule has 0 amide bonds. The highest BCUT2D eigenvalue weighted by Crippen LogP contribution is 2.29. The molecule has 1 aromatic carbocycles. The summed E-state index contributed by atoms with van der Waals surface area (Å²) in [7, 11) is -1.26. The molecule has 8 heteroatoms. The maximum atomic E-state index is 13.7. The van der Waals surface area contributed by atoms with Gasteiger partial charge in [-0.3, -0.25) is 19.3 Å². The second-order valence-corrected chi connectivity index (χ2v) is 7.08. The van der Waals surface area contributed by atoms with Gasteiger partial charge in [0.1, 0.15) is 11.7 Å². The fourth-order valence-electron chi connectivity index (χ4n) is 1.82. The van der Waals surface area contributed by atoms with Gasteiger partial charge in [0.15, 0.2) is 0 Å². The van der Waals surface area contributed by atoms with Crippen LogP contribution in [0.3, 0.4) is 0 Å². The van der Waals surface area contributed by atoms with Crippen molar-refractivity contribution in [3.05, 3.63) is 39.7 Å². The molecule has 1 heterocycles. The molecule has 0 aromatic heterocycles. The van der Waals surface area contributed by atoms with Crippen LogP contribution in [0.1, 0.15) is 37.8 Å². The molecule has 3 atom stereocenters. The Labute approximate surface area is 130 Å². The van der Waals surface area contributed by atoms with Crippen LogP contribution in [0.15, 0.2) is 23.2 Å². The SMILES string of the molecule is C1CC1.CC1C(N)=NC(c2cc([N+](=O)[O-])ccc2F)CS1=O. The summed E-state index contributed by atoms with van der Waals surface area (Å²) in [6, 6.07) is 2.47. The Kier molecular flexibility index (Phi) is 5.23. The number of nitro benzene ring substituents is 1. The molecule has 3 rings (SSSR count). The van der Waals surface area contributed by atoms with Crippen LogP contribution in [0.2, 0.25) is 0 Å². The van der Waals surface area contributed by atoms with E-state index >= 15 is 0 Å². The van der Waals surface area contributed by atoms with Crippen LogP contribution in [0.5, 0.6) is 0 Å². The van der Waals surface area contributed by atoms with Crippen LogP contribution in [0, 0.1) is 15.9 Å². The van der Waals surface area contributed by atoms with E-state index in [1.165, 1.54) is 19.3 Å². The minimum Gasteiger partial charge on any atom is -0.386 e. The smallest absolute Gasteiger partial charge is 0.269 e. The molecule has 1 aliphatic carbocycles. The monoisotopic (exact) mass is 327 g/mol. The molecule has 1 saturated carbocycles. The molecule has 1 fully saturated rings. The zero-order valence-corrected chi connectivity index (χ0v) is 13.0. The predicted molar refractivity (Wildman–Crippen MR) is 83.7 cm³/mol. The lowest BCUT2D eigenvalue weighted by molar-refractivity contribution is -0.385. The Morgan fingerprint density at radius 3 is 2.55 bits per heavy atom. The maximum Gasteiger partial charge on any atom is 0.269 e. The summed E-state index contributed by atoms with van der Waals surface area (Å²) in [5.41, 5.74) is 5.47. The Bertz CT molecular complexity index is 631. The molecule has 22 heavy (non-hydrogen) atoms. The second-order valence-electron chi connectivity index (χ2n) is 5.28. The van der Waals surface area contributed by atoms with E-state index in [4.69, 9.17) is 5.73 Å². The highest BCUT2D eigenvalue weighted by Gasteiger charge is 2.29. The second kappa shape index (κ2) is 6.95. The van der Waals surface area contributed by atoms with Crippen molar-refractivity contribution in [3.8, 4) is 0 Å². The van der Waals surface area contributed by atoms with Crippen LogP contribution in [0.4, 0.5) is 10.1 Å². The Morgan fingerprint density at radius 2 is 2.05 bits per heavy atom. The summed E-state index contributed by atoms with van der Waals surface area (Å²) in [5.74, 6) is -0.320. The van der Waals surface area contributed by atoms with Gasteiger partial charge >= 0.3 is 0 Å². The predicted octanol–water partition coefficient (Wildman–Crippen LogP) is 2.45. The molecule has 0 saturated heterocycles. The third-order valence-electron chi connectivity index (χ3n) is 3.34. The number of nitrogens with zero attached hydrogens (tertiary/aromatic N) is 2. The number of non-ortho nitro benzene ring substituents is 1. The van der Waals surface area contributed by atoms with Crippen molar-refractivity contribution < 1.29 is 13.5 Å². The summed E-state index contributed by atoms with van der Waals surface area (Å²) >= 11 is 0. The molecule has 120 valence electrons. The van der Waals surface area contributed by atoms with Gasteiger partial charge in [0.2, 0.25) is 0 Å². The molecule has 2 N–H and O–H groups in total. The van der Waals surface area contributed by atoms with Gasteiger partial charge in [-0.05, 0) is 13.0 Å². The topological polar surface area (TPSA) is 98.6 Å². The average Bonchev–Trinajstić information content (AvgIpc) is 3.33. The summed E-state index contributed by atoms with van der Waals surface area (Å²) in [5, 5.41) is 10.3. The fraction of sp³-hybridized carbons (Fsp3) is 0.500. The van der Waals surface area contributed by atoms with Gasteiger partial charge in [-0.1, -0.05) is 19.3 Å². The molecule has 1 aliphatic heterocycles. The van der Waals surface area contributed by atoms with E-state index in [1.807, 2.05) is 0 Å².